The van der Waals surface area contributed by atoms with Gasteiger partial charge in [0.15, 0.2) is 0 Å². The summed E-state index contributed by atoms with van der Waals surface area (Å²) in [5.74, 6) is -0.325. The van der Waals surface area contributed by atoms with Gasteiger partial charge in [-0.25, -0.2) is 4.79 Å². The zero-order valence-electron chi connectivity index (χ0n) is 8.87. The molecule has 0 radical (unpaired) electrons. The molecule has 0 bridgehead atoms. The van der Waals surface area contributed by atoms with E-state index in [2.05, 4.69) is 11.5 Å². The molecule has 3 nitrogen and oxygen atoms in total. The van der Waals surface area contributed by atoms with E-state index < -0.39 is 0 Å². The van der Waals surface area contributed by atoms with Crippen LogP contribution >= 0.6 is 0 Å². The molecule has 1 rings (SSSR count). The molecule has 1 unspecified atom stereocenters. The standard InChI is InChI=1S/C11H19NO2/c1-3-11(13)14-10(2)9-12-7-5-4-6-8-12/h3,10H,1,4-9H2,2H3. The Morgan fingerprint density at radius 2 is 2.14 bits per heavy atom. The second-order valence-electron chi connectivity index (χ2n) is 3.81. The maximum Gasteiger partial charge on any atom is 0.330 e. The van der Waals surface area contributed by atoms with Gasteiger partial charge in [0.1, 0.15) is 6.10 Å². The fraction of sp³-hybridized carbons (Fsp3) is 0.727. The number of ether oxygens (including phenoxy) is 1. The molecule has 3 heteroatoms. The van der Waals surface area contributed by atoms with Gasteiger partial charge in [-0.15, -0.1) is 0 Å². The molecule has 0 N–H and O–H groups in total. The molecule has 14 heavy (non-hydrogen) atoms. The average molecular weight is 197 g/mol. The quantitative estimate of drug-likeness (QED) is 0.506. The summed E-state index contributed by atoms with van der Waals surface area (Å²) in [6, 6.07) is 0. The molecule has 1 fully saturated rings. The summed E-state index contributed by atoms with van der Waals surface area (Å²) in [6.45, 7) is 8.42. The smallest absolute Gasteiger partial charge is 0.330 e. The topological polar surface area (TPSA) is 29.5 Å². The van der Waals surface area contributed by atoms with Gasteiger partial charge in [0.25, 0.3) is 0 Å². The van der Waals surface area contributed by atoms with Crippen molar-refractivity contribution in [2.45, 2.75) is 32.3 Å². The Morgan fingerprint density at radius 3 is 2.71 bits per heavy atom. The normalized spacial score (nSPS) is 20.1. The second-order valence-corrected chi connectivity index (χ2v) is 3.81. The number of hydrogen-bond acceptors (Lipinski definition) is 3. The molecular formula is C11H19NO2. The molecule has 0 aliphatic carbocycles. The number of rotatable bonds is 4. The number of esters is 1. The number of likely N-dealkylation sites (tertiary alicyclic amines) is 1. The van der Waals surface area contributed by atoms with Gasteiger partial charge in [-0.05, 0) is 32.9 Å². The van der Waals surface area contributed by atoms with Crippen molar-refractivity contribution < 1.29 is 9.53 Å². The lowest BCUT2D eigenvalue weighted by atomic mass is 10.1. The van der Waals surface area contributed by atoms with Gasteiger partial charge in [0.2, 0.25) is 0 Å². The minimum absolute atomic E-state index is 0.0291. The third kappa shape index (κ3) is 3.92. The highest BCUT2D eigenvalue weighted by molar-refractivity contribution is 5.81. The van der Waals surface area contributed by atoms with Crippen molar-refractivity contribution in [3.8, 4) is 0 Å². The molecule has 0 spiro atoms. The molecule has 0 amide bonds. The number of nitrogens with zero attached hydrogens (tertiary/aromatic N) is 1. The zero-order valence-corrected chi connectivity index (χ0v) is 8.87. The lowest BCUT2D eigenvalue weighted by Crippen LogP contribution is -2.36. The van der Waals surface area contributed by atoms with E-state index in [0.29, 0.717) is 0 Å². The number of piperidine rings is 1. The van der Waals surface area contributed by atoms with Gasteiger partial charge in [-0.3, -0.25) is 4.90 Å². The van der Waals surface area contributed by atoms with Crippen molar-refractivity contribution in [1.29, 1.82) is 0 Å². The molecule has 0 aromatic rings. The van der Waals surface area contributed by atoms with Crippen molar-refractivity contribution in [2.75, 3.05) is 19.6 Å². The fourth-order valence-corrected chi connectivity index (χ4v) is 1.79. The Bertz CT molecular complexity index is 197. The molecule has 80 valence electrons. The van der Waals surface area contributed by atoms with Crippen molar-refractivity contribution in [2.24, 2.45) is 0 Å². The average Bonchev–Trinajstić information content (AvgIpc) is 2.19. The van der Waals surface area contributed by atoms with E-state index in [0.717, 1.165) is 19.6 Å². The SMILES string of the molecule is C=CC(=O)OC(C)CN1CCCCC1. The third-order valence-electron chi connectivity index (χ3n) is 2.45. The minimum Gasteiger partial charge on any atom is -0.458 e. The van der Waals surface area contributed by atoms with Crippen molar-refractivity contribution in [3.63, 3.8) is 0 Å². The number of carbonyl (C=O) groups is 1. The maximum atomic E-state index is 10.9. The summed E-state index contributed by atoms with van der Waals surface area (Å²) in [6.07, 6.45) is 5.05. The summed E-state index contributed by atoms with van der Waals surface area (Å²) < 4.78 is 5.10. The second kappa shape index (κ2) is 5.81. The van der Waals surface area contributed by atoms with Crippen LogP contribution in [0.4, 0.5) is 0 Å². The Morgan fingerprint density at radius 1 is 1.50 bits per heavy atom. The molecule has 0 aromatic carbocycles. The Labute approximate surface area is 85.7 Å². The monoisotopic (exact) mass is 197 g/mol. The number of carbonyl (C=O) groups excluding carboxylic acids is 1. The van der Waals surface area contributed by atoms with Crippen LogP contribution in [0.3, 0.4) is 0 Å². The highest BCUT2D eigenvalue weighted by Gasteiger charge is 2.14. The highest BCUT2D eigenvalue weighted by atomic mass is 16.5. The molecule has 1 atom stereocenters. The molecule has 1 aliphatic rings. The predicted molar refractivity (Wildman–Crippen MR) is 56.0 cm³/mol. The van der Waals surface area contributed by atoms with Crippen LogP contribution in [0.25, 0.3) is 0 Å². The van der Waals surface area contributed by atoms with Crippen LogP contribution in [0, 0.1) is 0 Å². The van der Waals surface area contributed by atoms with E-state index in [1.807, 2.05) is 6.92 Å². The largest absolute Gasteiger partial charge is 0.458 e. The van der Waals surface area contributed by atoms with Gasteiger partial charge in [-0.2, -0.15) is 0 Å². The van der Waals surface area contributed by atoms with E-state index in [1.165, 1.54) is 25.3 Å². The van der Waals surface area contributed by atoms with E-state index in [9.17, 15) is 4.79 Å². The zero-order chi connectivity index (χ0) is 10.4. The van der Waals surface area contributed by atoms with Gasteiger partial charge in [-0.1, -0.05) is 13.0 Å². The molecule has 0 saturated carbocycles. The van der Waals surface area contributed by atoms with Crippen molar-refractivity contribution in [1.82, 2.24) is 4.90 Å². The lowest BCUT2D eigenvalue weighted by Gasteiger charge is -2.28. The molecule has 1 saturated heterocycles. The Hall–Kier alpha value is -0.830. The Balaban J connectivity index is 2.21. The first-order valence-corrected chi connectivity index (χ1v) is 5.28. The third-order valence-corrected chi connectivity index (χ3v) is 2.45. The van der Waals surface area contributed by atoms with Gasteiger partial charge >= 0.3 is 5.97 Å². The predicted octanol–water partition coefficient (Wildman–Crippen LogP) is 1.59. The first-order valence-electron chi connectivity index (χ1n) is 5.28. The highest BCUT2D eigenvalue weighted by Crippen LogP contribution is 2.09. The molecule has 1 aliphatic heterocycles. The van der Waals surface area contributed by atoms with E-state index in [-0.39, 0.29) is 12.1 Å². The van der Waals surface area contributed by atoms with Crippen LogP contribution < -0.4 is 0 Å². The van der Waals surface area contributed by atoms with Gasteiger partial charge in [0.05, 0.1) is 0 Å². The van der Waals surface area contributed by atoms with Crippen LogP contribution in [-0.4, -0.2) is 36.6 Å². The van der Waals surface area contributed by atoms with Crippen LogP contribution in [0.2, 0.25) is 0 Å². The summed E-state index contributed by atoms with van der Waals surface area (Å²) >= 11 is 0. The first kappa shape index (κ1) is 11.2. The van der Waals surface area contributed by atoms with Crippen LogP contribution in [-0.2, 0) is 9.53 Å². The first-order chi connectivity index (χ1) is 6.72. The number of hydrogen-bond donors (Lipinski definition) is 0. The summed E-state index contributed by atoms with van der Waals surface area (Å²) in [5.41, 5.74) is 0. The lowest BCUT2D eigenvalue weighted by molar-refractivity contribution is -0.143. The molecular weight excluding hydrogens is 178 g/mol. The molecule has 0 aromatic heterocycles. The summed E-state index contributed by atoms with van der Waals surface area (Å²) in [4.78, 5) is 13.3. The van der Waals surface area contributed by atoms with Gasteiger partial charge in [0, 0.05) is 12.6 Å². The van der Waals surface area contributed by atoms with E-state index >= 15 is 0 Å². The van der Waals surface area contributed by atoms with Crippen LogP contribution in [0.15, 0.2) is 12.7 Å². The minimum atomic E-state index is -0.325. The molecule has 1 heterocycles. The fourth-order valence-electron chi connectivity index (χ4n) is 1.79. The van der Waals surface area contributed by atoms with E-state index in [4.69, 9.17) is 4.74 Å². The summed E-state index contributed by atoms with van der Waals surface area (Å²) in [7, 11) is 0. The maximum absolute atomic E-state index is 10.9. The van der Waals surface area contributed by atoms with Crippen LogP contribution in [0.5, 0.6) is 0 Å². The van der Waals surface area contributed by atoms with Crippen molar-refractivity contribution in [3.05, 3.63) is 12.7 Å². The van der Waals surface area contributed by atoms with E-state index in [1.54, 1.807) is 0 Å². The summed E-state index contributed by atoms with van der Waals surface area (Å²) in [5, 5.41) is 0. The van der Waals surface area contributed by atoms with Gasteiger partial charge < -0.3 is 4.74 Å². The van der Waals surface area contributed by atoms with Crippen molar-refractivity contribution >= 4 is 5.97 Å². The Kier molecular flexibility index (Phi) is 4.66. The van der Waals surface area contributed by atoms with Crippen LogP contribution in [0.1, 0.15) is 26.2 Å².